The quantitative estimate of drug-likeness (QED) is 0.690. The van der Waals surface area contributed by atoms with E-state index in [1.54, 1.807) is 6.07 Å². The predicted octanol–water partition coefficient (Wildman–Crippen LogP) is 1.86. The number of likely N-dealkylation sites (N-methyl/N-ethyl adjacent to an activating group) is 1. The van der Waals surface area contributed by atoms with E-state index in [2.05, 4.69) is 23.0 Å². The Hall–Kier alpha value is -2.64. The molecule has 3 aromatic rings. The van der Waals surface area contributed by atoms with E-state index in [1.165, 1.54) is 0 Å². The number of rotatable bonds is 4. The molecule has 2 aromatic carbocycles. The first-order valence-electron chi connectivity index (χ1n) is 9.86. The Morgan fingerprint density at radius 3 is 2.86 bits per heavy atom. The van der Waals surface area contributed by atoms with Crippen LogP contribution in [0.1, 0.15) is 19.2 Å². The molecule has 2 atom stereocenters. The van der Waals surface area contributed by atoms with Crippen molar-refractivity contribution < 1.29 is 9.69 Å². The Kier molecular flexibility index (Phi) is 5.69. The normalized spacial score (nSPS) is 17.6. The second kappa shape index (κ2) is 8.39. The van der Waals surface area contributed by atoms with Gasteiger partial charge in [-0.2, -0.15) is 0 Å². The lowest BCUT2D eigenvalue weighted by Crippen LogP contribution is -3.09. The number of carbonyl (C=O) groups is 1. The Morgan fingerprint density at radius 2 is 2.00 bits per heavy atom. The van der Waals surface area contributed by atoms with Crippen molar-refractivity contribution in [3.63, 3.8) is 0 Å². The van der Waals surface area contributed by atoms with Crippen LogP contribution in [0.4, 0.5) is 5.69 Å². The molecule has 0 saturated heterocycles. The van der Waals surface area contributed by atoms with Crippen LogP contribution in [0.2, 0.25) is 0 Å². The van der Waals surface area contributed by atoms with E-state index in [1.807, 2.05) is 60.1 Å². The number of amides is 1. The second-order valence-electron chi connectivity index (χ2n) is 7.57. The fraction of sp³-hybridized carbons (Fsp3) is 0.318. The molecule has 0 spiro atoms. The highest BCUT2D eigenvalue weighted by Gasteiger charge is 2.26. The van der Waals surface area contributed by atoms with Gasteiger partial charge >= 0.3 is 0 Å². The van der Waals surface area contributed by atoms with Gasteiger partial charge in [0, 0.05) is 16.7 Å². The molecule has 0 saturated carbocycles. The zero-order valence-electron chi connectivity index (χ0n) is 16.6. The van der Waals surface area contributed by atoms with Gasteiger partial charge in [0.25, 0.3) is 11.5 Å². The van der Waals surface area contributed by atoms with Crippen LogP contribution < -0.4 is 15.4 Å². The number of hydrogen-bond donors (Lipinski definition) is 2. The van der Waals surface area contributed by atoms with Crippen molar-refractivity contribution >= 4 is 34.3 Å². The number of H-pyrrole nitrogens is 1. The molecule has 2 N–H and O–H groups in total. The number of hydrogen-bond acceptors (Lipinski definition) is 4. The molecule has 1 aromatic heterocycles. The zero-order chi connectivity index (χ0) is 20.4. The van der Waals surface area contributed by atoms with Crippen molar-refractivity contribution in [1.82, 2.24) is 9.97 Å². The number of carbonyl (C=O) groups excluding carboxylic acids is 1. The van der Waals surface area contributed by atoms with E-state index >= 15 is 0 Å². The van der Waals surface area contributed by atoms with E-state index in [9.17, 15) is 9.59 Å². The van der Waals surface area contributed by atoms with Crippen LogP contribution >= 0.6 is 11.8 Å². The van der Waals surface area contributed by atoms with Gasteiger partial charge in [-0.25, -0.2) is 4.98 Å². The molecule has 7 heteroatoms. The average Bonchev–Trinajstić information content (AvgIpc) is 2.86. The number of fused-ring (bicyclic) bond motifs is 2. The zero-order valence-corrected chi connectivity index (χ0v) is 17.5. The molecule has 0 aliphatic carbocycles. The number of nitrogens with zero attached hydrogens (tertiary/aromatic N) is 2. The van der Waals surface area contributed by atoms with Gasteiger partial charge in [-0.1, -0.05) is 31.2 Å². The van der Waals surface area contributed by atoms with Gasteiger partial charge in [0.15, 0.2) is 12.4 Å². The first kappa shape index (κ1) is 19.7. The molecule has 6 nitrogen and oxygen atoms in total. The Labute approximate surface area is 173 Å². The monoisotopic (exact) mass is 409 g/mol. The highest BCUT2D eigenvalue weighted by Crippen LogP contribution is 2.37. The van der Waals surface area contributed by atoms with Gasteiger partial charge < -0.3 is 14.8 Å². The molecular weight excluding hydrogens is 384 g/mol. The van der Waals surface area contributed by atoms with E-state index in [0.717, 1.165) is 28.4 Å². The van der Waals surface area contributed by atoms with Crippen LogP contribution in [-0.2, 0) is 11.3 Å². The average molecular weight is 410 g/mol. The van der Waals surface area contributed by atoms with Crippen LogP contribution in [0.15, 0.2) is 58.2 Å². The van der Waals surface area contributed by atoms with Gasteiger partial charge in [-0.05, 0) is 30.7 Å². The maximum Gasteiger partial charge on any atom is 0.282 e. The molecule has 0 fully saturated rings. The van der Waals surface area contributed by atoms with Crippen LogP contribution in [-0.4, -0.2) is 41.3 Å². The highest BCUT2D eigenvalue weighted by atomic mass is 32.2. The maximum atomic E-state index is 13.1. The molecule has 0 radical (unpaired) electrons. The number of para-hydroxylation sites is 2. The minimum atomic E-state index is -0.141. The third-order valence-electron chi connectivity index (χ3n) is 5.13. The summed E-state index contributed by atoms with van der Waals surface area (Å²) in [6, 6.07) is 15.4. The maximum absolute atomic E-state index is 13.1. The van der Waals surface area contributed by atoms with Crippen LogP contribution in [0, 0.1) is 0 Å². The molecule has 0 bridgehead atoms. The Bertz CT molecular complexity index is 1100. The fourth-order valence-corrected chi connectivity index (χ4v) is 4.78. The molecule has 1 aliphatic rings. The first-order chi connectivity index (χ1) is 14.0. The summed E-state index contributed by atoms with van der Waals surface area (Å²) in [5, 5.41) is 1.06. The SMILES string of the molecule is C[C@@H]1CCN(C(=O)C[NH+](C)Cc2nc3ccccc3c(=O)[nH]2)c2ccccc2S1. The third-order valence-corrected chi connectivity index (χ3v) is 6.37. The molecule has 29 heavy (non-hydrogen) atoms. The summed E-state index contributed by atoms with van der Waals surface area (Å²) in [7, 11) is 1.95. The van der Waals surface area contributed by atoms with E-state index in [-0.39, 0.29) is 11.5 Å². The van der Waals surface area contributed by atoms with E-state index in [4.69, 9.17) is 0 Å². The molecule has 1 aliphatic heterocycles. The third kappa shape index (κ3) is 4.36. The van der Waals surface area contributed by atoms with Crippen LogP contribution in [0.5, 0.6) is 0 Å². The number of benzene rings is 2. The van der Waals surface area contributed by atoms with Crippen molar-refractivity contribution in [3.05, 3.63) is 64.7 Å². The summed E-state index contributed by atoms with van der Waals surface area (Å²) in [4.78, 5) is 36.8. The summed E-state index contributed by atoms with van der Waals surface area (Å²) in [6.45, 7) is 3.74. The van der Waals surface area contributed by atoms with Crippen molar-refractivity contribution in [2.75, 3.05) is 25.0 Å². The lowest BCUT2D eigenvalue weighted by molar-refractivity contribution is -0.886. The van der Waals surface area contributed by atoms with E-state index in [0.29, 0.717) is 35.1 Å². The number of quaternary nitrogens is 1. The number of aromatic amines is 1. The summed E-state index contributed by atoms with van der Waals surface area (Å²) in [5.74, 6) is 0.687. The summed E-state index contributed by atoms with van der Waals surface area (Å²) < 4.78 is 0. The van der Waals surface area contributed by atoms with Crippen molar-refractivity contribution in [3.8, 4) is 0 Å². The minimum absolute atomic E-state index is 0.0905. The number of thioether (sulfide) groups is 1. The number of aromatic nitrogens is 2. The highest BCUT2D eigenvalue weighted by molar-refractivity contribution is 8.00. The van der Waals surface area contributed by atoms with Gasteiger partial charge in [-0.15, -0.1) is 11.8 Å². The molecule has 150 valence electrons. The predicted molar refractivity (Wildman–Crippen MR) is 117 cm³/mol. The molecule has 1 amide bonds. The first-order valence-corrected chi connectivity index (χ1v) is 10.7. The van der Waals surface area contributed by atoms with E-state index < -0.39 is 0 Å². The lowest BCUT2D eigenvalue weighted by Gasteiger charge is -2.24. The van der Waals surface area contributed by atoms with Crippen LogP contribution in [0.25, 0.3) is 10.9 Å². The molecule has 2 heterocycles. The van der Waals surface area contributed by atoms with Crippen LogP contribution in [0.3, 0.4) is 0 Å². The standard InChI is InChI=1S/C22H24N4O2S/c1-15-11-12-26(18-9-5-6-10-19(18)29-15)21(27)14-25(2)13-20-23-17-8-4-3-7-16(17)22(28)24-20/h3-10,15H,11-14H2,1-2H3,(H,23,24,28)/p+1/t15-/m1/s1. The van der Waals surface area contributed by atoms with Gasteiger partial charge in [0.2, 0.25) is 0 Å². The summed E-state index contributed by atoms with van der Waals surface area (Å²) in [5.41, 5.74) is 1.53. The summed E-state index contributed by atoms with van der Waals surface area (Å²) in [6.07, 6.45) is 0.962. The van der Waals surface area contributed by atoms with Gasteiger partial charge in [0.1, 0.15) is 6.54 Å². The lowest BCUT2D eigenvalue weighted by atomic mass is 10.2. The van der Waals surface area contributed by atoms with Gasteiger partial charge in [0.05, 0.1) is 23.6 Å². The summed E-state index contributed by atoms with van der Waals surface area (Å²) >= 11 is 1.83. The Morgan fingerprint density at radius 1 is 1.24 bits per heavy atom. The topological polar surface area (TPSA) is 70.5 Å². The molecule has 4 rings (SSSR count). The van der Waals surface area contributed by atoms with Crippen molar-refractivity contribution in [2.24, 2.45) is 0 Å². The van der Waals surface area contributed by atoms with Crippen molar-refractivity contribution in [2.45, 2.75) is 30.0 Å². The minimum Gasteiger partial charge on any atom is -0.323 e. The second-order valence-corrected chi connectivity index (χ2v) is 9.05. The number of nitrogens with one attached hydrogen (secondary N) is 2. The smallest absolute Gasteiger partial charge is 0.282 e. The Balaban J connectivity index is 1.49. The molecule has 1 unspecified atom stereocenters. The number of anilines is 1. The largest absolute Gasteiger partial charge is 0.323 e. The van der Waals surface area contributed by atoms with Crippen molar-refractivity contribution in [1.29, 1.82) is 0 Å². The fourth-order valence-electron chi connectivity index (χ4n) is 3.67. The van der Waals surface area contributed by atoms with Gasteiger partial charge in [-0.3, -0.25) is 9.59 Å². The molecular formula is C22H25N4O2S+.